The van der Waals surface area contributed by atoms with Crippen LogP contribution in [0, 0.1) is 6.92 Å². The van der Waals surface area contributed by atoms with Crippen LogP contribution in [-0.2, 0) is 16.0 Å². The lowest BCUT2D eigenvalue weighted by atomic mass is 10.1. The Kier molecular flexibility index (Phi) is 7.02. The minimum absolute atomic E-state index is 0.218. The Hall–Kier alpha value is -1.85. The molecular formula is C19H22ClNO3S. The van der Waals surface area contributed by atoms with E-state index >= 15 is 0 Å². The number of thiophene rings is 1. The summed E-state index contributed by atoms with van der Waals surface area (Å²) in [5.41, 5.74) is 2.06. The van der Waals surface area contributed by atoms with Crippen LogP contribution in [0.1, 0.15) is 52.0 Å². The molecule has 1 aromatic carbocycles. The number of rotatable bonds is 7. The molecule has 0 fully saturated rings. The molecular weight excluding hydrogens is 358 g/mol. The number of hydrogen-bond donors (Lipinski definition) is 1. The van der Waals surface area contributed by atoms with E-state index in [9.17, 15) is 9.59 Å². The highest BCUT2D eigenvalue weighted by molar-refractivity contribution is 7.14. The van der Waals surface area contributed by atoms with Gasteiger partial charge in [-0.2, -0.15) is 0 Å². The van der Waals surface area contributed by atoms with Crippen molar-refractivity contribution in [1.29, 1.82) is 0 Å². The Labute approximate surface area is 157 Å². The second kappa shape index (κ2) is 9.02. The highest BCUT2D eigenvalue weighted by Crippen LogP contribution is 2.23. The van der Waals surface area contributed by atoms with Crippen molar-refractivity contribution in [2.75, 3.05) is 6.61 Å². The predicted octanol–water partition coefficient (Wildman–Crippen LogP) is 4.70. The van der Waals surface area contributed by atoms with E-state index in [1.165, 1.54) is 16.9 Å². The second-order valence-electron chi connectivity index (χ2n) is 5.86. The number of esters is 1. The van der Waals surface area contributed by atoms with Crippen LogP contribution >= 0.6 is 22.9 Å². The largest absolute Gasteiger partial charge is 0.451 e. The average Bonchev–Trinajstić information content (AvgIpc) is 2.94. The fraction of sp³-hybridized carbons (Fsp3) is 0.368. The lowest BCUT2D eigenvalue weighted by Gasteiger charge is -2.14. The van der Waals surface area contributed by atoms with E-state index in [4.69, 9.17) is 16.3 Å². The van der Waals surface area contributed by atoms with Gasteiger partial charge in [-0.05, 0) is 49.6 Å². The maximum absolute atomic E-state index is 12.1. The van der Waals surface area contributed by atoms with Crippen molar-refractivity contribution in [2.24, 2.45) is 0 Å². The lowest BCUT2D eigenvalue weighted by Crippen LogP contribution is -2.31. The van der Waals surface area contributed by atoms with E-state index in [1.54, 1.807) is 12.1 Å². The van der Waals surface area contributed by atoms with Crippen LogP contribution in [-0.4, -0.2) is 18.5 Å². The zero-order chi connectivity index (χ0) is 18.4. The van der Waals surface area contributed by atoms with Gasteiger partial charge < -0.3 is 10.1 Å². The van der Waals surface area contributed by atoms with E-state index < -0.39 is 5.97 Å². The quantitative estimate of drug-likeness (QED) is 0.709. The Morgan fingerprint density at radius 2 is 2.08 bits per heavy atom. The number of carbonyl (C=O) groups excluding carboxylic acids is 2. The third kappa shape index (κ3) is 5.58. The molecule has 2 aromatic rings. The molecule has 0 spiro atoms. The van der Waals surface area contributed by atoms with Crippen molar-refractivity contribution in [1.82, 2.24) is 5.32 Å². The Balaban J connectivity index is 1.87. The molecule has 1 aromatic heterocycles. The minimum Gasteiger partial charge on any atom is -0.451 e. The molecule has 4 nitrogen and oxygen atoms in total. The SMILES string of the molecule is CCCc1cc(C(=O)OCC(=O)N[C@H](C)c2cccc(Cl)c2)sc1C. The predicted molar refractivity (Wildman–Crippen MR) is 101 cm³/mol. The Morgan fingerprint density at radius 3 is 2.76 bits per heavy atom. The first-order valence-electron chi connectivity index (χ1n) is 8.22. The number of amides is 1. The summed E-state index contributed by atoms with van der Waals surface area (Å²) in [7, 11) is 0. The number of ether oxygens (including phenoxy) is 1. The number of aryl methyl sites for hydroxylation is 2. The summed E-state index contributed by atoms with van der Waals surface area (Å²) >= 11 is 7.36. The Bertz CT molecular complexity index is 757. The standard InChI is InChI=1S/C19H22ClNO3S/c1-4-6-15-10-17(25-13(15)3)19(23)24-11-18(22)21-12(2)14-7-5-8-16(20)9-14/h5,7-10,12H,4,6,11H2,1-3H3,(H,21,22)/t12-/m1/s1. The molecule has 1 amide bonds. The number of benzene rings is 1. The van der Waals surface area contributed by atoms with E-state index in [-0.39, 0.29) is 18.6 Å². The van der Waals surface area contributed by atoms with Gasteiger partial charge in [0.05, 0.1) is 6.04 Å². The van der Waals surface area contributed by atoms with Gasteiger partial charge in [0.15, 0.2) is 6.61 Å². The number of nitrogens with one attached hydrogen (secondary N) is 1. The van der Waals surface area contributed by atoms with Crippen LogP contribution < -0.4 is 5.32 Å². The van der Waals surface area contributed by atoms with Crippen molar-refractivity contribution >= 4 is 34.8 Å². The summed E-state index contributed by atoms with van der Waals surface area (Å²) in [4.78, 5) is 25.8. The molecule has 6 heteroatoms. The first kappa shape index (κ1) is 19.5. The molecule has 1 N–H and O–H groups in total. The van der Waals surface area contributed by atoms with Crippen LogP contribution in [0.2, 0.25) is 5.02 Å². The van der Waals surface area contributed by atoms with Gasteiger partial charge in [-0.15, -0.1) is 11.3 Å². The monoisotopic (exact) mass is 379 g/mol. The van der Waals surface area contributed by atoms with Crippen molar-refractivity contribution in [3.8, 4) is 0 Å². The average molecular weight is 380 g/mol. The fourth-order valence-electron chi connectivity index (χ4n) is 2.48. The maximum Gasteiger partial charge on any atom is 0.348 e. The summed E-state index contributed by atoms with van der Waals surface area (Å²) in [5, 5.41) is 3.41. The summed E-state index contributed by atoms with van der Waals surface area (Å²) in [5.74, 6) is -0.802. The molecule has 0 bridgehead atoms. The van der Waals surface area contributed by atoms with Crippen LogP contribution in [0.15, 0.2) is 30.3 Å². The van der Waals surface area contributed by atoms with Crippen LogP contribution in [0.25, 0.3) is 0 Å². The Morgan fingerprint density at radius 1 is 1.32 bits per heavy atom. The summed E-state index contributed by atoms with van der Waals surface area (Å²) in [6.07, 6.45) is 1.96. The molecule has 0 radical (unpaired) electrons. The highest BCUT2D eigenvalue weighted by atomic mass is 35.5. The van der Waals surface area contributed by atoms with Crippen molar-refractivity contribution in [3.63, 3.8) is 0 Å². The molecule has 0 aliphatic rings. The van der Waals surface area contributed by atoms with Crippen molar-refractivity contribution < 1.29 is 14.3 Å². The molecule has 0 saturated heterocycles. The van der Waals surface area contributed by atoms with E-state index in [0.717, 1.165) is 23.3 Å². The van der Waals surface area contributed by atoms with Gasteiger partial charge in [-0.1, -0.05) is 37.1 Å². The van der Waals surface area contributed by atoms with Gasteiger partial charge in [-0.25, -0.2) is 4.79 Å². The summed E-state index contributed by atoms with van der Waals surface area (Å²) in [6.45, 7) is 5.64. The van der Waals surface area contributed by atoms with Crippen LogP contribution in [0.3, 0.4) is 0 Å². The molecule has 0 unspecified atom stereocenters. The van der Waals surface area contributed by atoms with Gasteiger partial charge in [0, 0.05) is 9.90 Å². The van der Waals surface area contributed by atoms with E-state index in [2.05, 4.69) is 12.2 Å². The summed E-state index contributed by atoms with van der Waals surface area (Å²) < 4.78 is 5.13. The van der Waals surface area contributed by atoms with Gasteiger partial charge in [-0.3, -0.25) is 4.79 Å². The molecule has 1 atom stereocenters. The van der Waals surface area contributed by atoms with Gasteiger partial charge >= 0.3 is 5.97 Å². The highest BCUT2D eigenvalue weighted by Gasteiger charge is 2.16. The van der Waals surface area contributed by atoms with Crippen molar-refractivity contribution in [3.05, 3.63) is 56.2 Å². The van der Waals surface area contributed by atoms with E-state index in [1.807, 2.05) is 32.0 Å². The second-order valence-corrected chi connectivity index (χ2v) is 7.56. The number of hydrogen-bond acceptors (Lipinski definition) is 4. The molecule has 1 heterocycles. The van der Waals surface area contributed by atoms with Crippen LogP contribution in [0.5, 0.6) is 0 Å². The zero-order valence-electron chi connectivity index (χ0n) is 14.6. The number of halogens is 1. The van der Waals surface area contributed by atoms with Crippen molar-refractivity contribution in [2.45, 2.75) is 39.7 Å². The van der Waals surface area contributed by atoms with E-state index in [0.29, 0.717) is 9.90 Å². The summed E-state index contributed by atoms with van der Waals surface area (Å²) in [6, 6.07) is 8.92. The molecule has 0 saturated carbocycles. The number of carbonyl (C=O) groups is 2. The molecule has 2 rings (SSSR count). The maximum atomic E-state index is 12.1. The minimum atomic E-state index is -0.457. The molecule has 0 aliphatic heterocycles. The van der Waals surface area contributed by atoms with Gasteiger partial charge in [0.1, 0.15) is 4.88 Å². The first-order chi connectivity index (χ1) is 11.9. The lowest BCUT2D eigenvalue weighted by molar-refractivity contribution is -0.124. The zero-order valence-corrected chi connectivity index (χ0v) is 16.2. The molecule has 134 valence electrons. The molecule has 25 heavy (non-hydrogen) atoms. The third-order valence-corrected chi connectivity index (χ3v) is 5.11. The van der Waals surface area contributed by atoms with Crippen LogP contribution in [0.4, 0.5) is 0 Å². The van der Waals surface area contributed by atoms with Gasteiger partial charge in [0.25, 0.3) is 5.91 Å². The normalized spacial score (nSPS) is 11.8. The first-order valence-corrected chi connectivity index (χ1v) is 9.41. The fourth-order valence-corrected chi connectivity index (χ4v) is 3.65. The van der Waals surface area contributed by atoms with Gasteiger partial charge in [0.2, 0.25) is 0 Å². The smallest absolute Gasteiger partial charge is 0.348 e. The topological polar surface area (TPSA) is 55.4 Å². The third-order valence-electron chi connectivity index (χ3n) is 3.80. The molecule has 0 aliphatic carbocycles.